The number of aromatic amines is 1. The Kier molecular flexibility index (Phi) is 4.60. The Morgan fingerprint density at radius 2 is 2.19 bits per heavy atom. The highest BCUT2D eigenvalue weighted by atomic mass is 32.2. The average molecular weight is 318 g/mol. The first kappa shape index (κ1) is 14.6. The van der Waals surface area contributed by atoms with Crippen molar-refractivity contribution in [3.8, 4) is 10.4 Å². The zero-order chi connectivity index (χ0) is 14.7. The lowest BCUT2D eigenvalue weighted by molar-refractivity contribution is 0.776. The molecule has 0 amide bonds. The summed E-state index contributed by atoms with van der Waals surface area (Å²) in [7, 11) is 1.96. The molecule has 0 saturated carbocycles. The summed E-state index contributed by atoms with van der Waals surface area (Å²) in [6, 6.07) is 8.60. The van der Waals surface area contributed by atoms with Gasteiger partial charge in [-0.1, -0.05) is 0 Å². The number of likely N-dealkylation sites (N-methyl/N-ethyl adjacent to an activating group) is 1. The van der Waals surface area contributed by atoms with Crippen molar-refractivity contribution in [1.29, 1.82) is 0 Å². The van der Waals surface area contributed by atoms with Gasteiger partial charge in [0, 0.05) is 40.8 Å². The van der Waals surface area contributed by atoms with Crippen LogP contribution in [0.25, 0.3) is 21.5 Å². The van der Waals surface area contributed by atoms with Crippen LogP contribution < -0.4 is 10.0 Å². The third-order valence-electron chi connectivity index (χ3n) is 3.16. The lowest BCUT2D eigenvalue weighted by atomic mass is 10.1. The van der Waals surface area contributed by atoms with Crippen molar-refractivity contribution < 1.29 is 0 Å². The molecule has 0 aromatic carbocycles. The molecule has 21 heavy (non-hydrogen) atoms. The highest BCUT2D eigenvalue weighted by Gasteiger charge is 2.09. The third-order valence-corrected chi connectivity index (χ3v) is 5.26. The number of rotatable bonds is 6. The number of hydrogen-bond donors (Lipinski definition) is 3. The van der Waals surface area contributed by atoms with Gasteiger partial charge in [-0.05, 0) is 50.2 Å². The van der Waals surface area contributed by atoms with Crippen LogP contribution in [0.1, 0.15) is 5.69 Å². The van der Waals surface area contributed by atoms with Gasteiger partial charge in [0.2, 0.25) is 0 Å². The van der Waals surface area contributed by atoms with E-state index in [1.165, 1.54) is 20.0 Å². The number of fused-ring (bicyclic) bond motifs is 1. The normalized spacial score (nSPS) is 11.3. The number of nitrogens with zero attached hydrogens (tertiary/aromatic N) is 1. The predicted octanol–water partition coefficient (Wildman–Crippen LogP) is 3.42. The van der Waals surface area contributed by atoms with Gasteiger partial charge in [0.15, 0.2) is 0 Å². The Hall–Kier alpha value is -1.34. The second-order valence-corrected chi connectivity index (χ2v) is 7.07. The summed E-state index contributed by atoms with van der Waals surface area (Å²) in [6.45, 7) is 3.98. The van der Waals surface area contributed by atoms with Gasteiger partial charge in [-0.15, -0.1) is 11.3 Å². The average Bonchev–Trinajstić information content (AvgIpc) is 3.08. The lowest BCUT2D eigenvalue weighted by Crippen LogP contribution is -2.19. The molecule has 0 fully saturated rings. The van der Waals surface area contributed by atoms with E-state index in [1.54, 1.807) is 23.3 Å². The molecule has 0 atom stereocenters. The molecule has 4 nitrogen and oxygen atoms in total. The van der Waals surface area contributed by atoms with Gasteiger partial charge in [0.25, 0.3) is 0 Å². The molecule has 0 radical (unpaired) electrons. The number of nitrogens with one attached hydrogen (secondary N) is 3. The lowest BCUT2D eigenvalue weighted by Gasteiger charge is -2.01. The molecule has 3 N–H and O–H groups in total. The number of thiophene rings is 1. The Morgan fingerprint density at radius 1 is 1.29 bits per heavy atom. The molecular formula is C15H18N4S2. The molecular weight excluding hydrogens is 300 g/mol. The standard InChI is InChI=1S/C15H18N4S2/c1-10-9-12-11(5-6-17-15(12)19-10)13-3-4-14(20-13)21-18-8-7-16-2/h3-6,9,16,18H,7-8H2,1-2H3,(H,17,19). The van der Waals surface area contributed by atoms with Crippen molar-refractivity contribution in [3.05, 3.63) is 36.2 Å². The van der Waals surface area contributed by atoms with Gasteiger partial charge in [-0.25, -0.2) is 4.98 Å². The molecule has 6 heteroatoms. The number of H-pyrrole nitrogens is 1. The van der Waals surface area contributed by atoms with E-state index >= 15 is 0 Å². The highest BCUT2D eigenvalue weighted by Crippen LogP contribution is 2.36. The van der Waals surface area contributed by atoms with Crippen molar-refractivity contribution >= 4 is 34.3 Å². The van der Waals surface area contributed by atoms with Crippen molar-refractivity contribution in [2.45, 2.75) is 11.1 Å². The Bertz CT molecular complexity index is 732. The van der Waals surface area contributed by atoms with Gasteiger partial charge in [0.05, 0.1) is 4.21 Å². The van der Waals surface area contributed by atoms with E-state index in [2.05, 4.69) is 51.2 Å². The molecule has 0 saturated heterocycles. The number of aromatic nitrogens is 2. The van der Waals surface area contributed by atoms with E-state index in [9.17, 15) is 0 Å². The maximum Gasteiger partial charge on any atom is 0.138 e. The Balaban J connectivity index is 1.81. The van der Waals surface area contributed by atoms with Crippen LogP contribution in [0.5, 0.6) is 0 Å². The van der Waals surface area contributed by atoms with Crippen LogP contribution in [0.2, 0.25) is 0 Å². The molecule has 3 aromatic rings. The second-order valence-electron chi connectivity index (χ2n) is 4.79. The first-order valence-electron chi connectivity index (χ1n) is 6.87. The summed E-state index contributed by atoms with van der Waals surface area (Å²) in [6.07, 6.45) is 1.87. The van der Waals surface area contributed by atoms with E-state index in [1.807, 2.05) is 13.2 Å². The van der Waals surface area contributed by atoms with Crippen LogP contribution >= 0.6 is 23.3 Å². The minimum atomic E-state index is 0.949. The number of hydrogen-bond acceptors (Lipinski definition) is 5. The molecule has 3 heterocycles. The van der Waals surface area contributed by atoms with Crippen LogP contribution in [0.4, 0.5) is 0 Å². The summed E-state index contributed by atoms with van der Waals surface area (Å²) in [5.41, 5.74) is 3.35. The van der Waals surface area contributed by atoms with Crippen molar-refractivity contribution in [3.63, 3.8) is 0 Å². The minimum absolute atomic E-state index is 0.949. The van der Waals surface area contributed by atoms with Gasteiger partial charge >= 0.3 is 0 Å². The van der Waals surface area contributed by atoms with Gasteiger partial charge in [-0.2, -0.15) is 0 Å². The van der Waals surface area contributed by atoms with Crippen LogP contribution in [0.3, 0.4) is 0 Å². The third kappa shape index (κ3) is 3.29. The second kappa shape index (κ2) is 6.62. The van der Waals surface area contributed by atoms with Crippen molar-refractivity contribution in [1.82, 2.24) is 20.0 Å². The van der Waals surface area contributed by atoms with E-state index in [0.717, 1.165) is 24.4 Å². The topological polar surface area (TPSA) is 52.7 Å². The van der Waals surface area contributed by atoms with E-state index < -0.39 is 0 Å². The molecule has 3 rings (SSSR count). The molecule has 0 bridgehead atoms. The largest absolute Gasteiger partial charge is 0.344 e. The fraction of sp³-hybridized carbons (Fsp3) is 0.267. The summed E-state index contributed by atoms with van der Waals surface area (Å²) >= 11 is 3.50. The van der Waals surface area contributed by atoms with E-state index in [4.69, 9.17) is 0 Å². The molecule has 0 spiro atoms. The summed E-state index contributed by atoms with van der Waals surface area (Å²) in [5, 5.41) is 4.32. The predicted molar refractivity (Wildman–Crippen MR) is 91.9 cm³/mol. The SMILES string of the molecule is CNCCNSc1ccc(-c2ccnc3[nH]c(C)cc23)s1. The summed E-state index contributed by atoms with van der Waals surface area (Å²) < 4.78 is 4.63. The minimum Gasteiger partial charge on any atom is -0.344 e. The number of pyridine rings is 1. The summed E-state index contributed by atoms with van der Waals surface area (Å²) in [5.74, 6) is 0. The first-order chi connectivity index (χ1) is 10.3. The van der Waals surface area contributed by atoms with Crippen LogP contribution in [0, 0.1) is 6.92 Å². The van der Waals surface area contributed by atoms with Gasteiger partial charge in [-0.3, -0.25) is 4.72 Å². The first-order valence-corrected chi connectivity index (χ1v) is 8.50. The van der Waals surface area contributed by atoms with E-state index in [0.29, 0.717) is 0 Å². The molecule has 3 aromatic heterocycles. The quantitative estimate of drug-likeness (QED) is 0.481. The summed E-state index contributed by atoms with van der Waals surface area (Å²) in [4.78, 5) is 8.96. The van der Waals surface area contributed by atoms with E-state index in [-0.39, 0.29) is 0 Å². The maximum atomic E-state index is 4.39. The zero-order valence-electron chi connectivity index (χ0n) is 12.1. The highest BCUT2D eigenvalue weighted by molar-refractivity contribution is 7.99. The van der Waals surface area contributed by atoms with Crippen molar-refractivity contribution in [2.24, 2.45) is 0 Å². The molecule has 0 unspecified atom stereocenters. The fourth-order valence-corrected chi connectivity index (χ4v) is 4.06. The van der Waals surface area contributed by atoms with Crippen LogP contribution in [-0.4, -0.2) is 30.1 Å². The molecule has 0 aliphatic rings. The number of aryl methyl sites for hydroxylation is 1. The van der Waals surface area contributed by atoms with Gasteiger partial charge < -0.3 is 10.3 Å². The van der Waals surface area contributed by atoms with Crippen LogP contribution in [-0.2, 0) is 0 Å². The monoisotopic (exact) mass is 318 g/mol. The maximum absolute atomic E-state index is 4.39. The smallest absolute Gasteiger partial charge is 0.138 e. The van der Waals surface area contributed by atoms with Crippen LogP contribution in [0.15, 0.2) is 34.7 Å². The van der Waals surface area contributed by atoms with Gasteiger partial charge in [0.1, 0.15) is 5.65 Å². The molecule has 110 valence electrons. The Labute approximate surface area is 132 Å². The fourth-order valence-electron chi connectivity index (χ4n) is 2.19. The molecule has 0 aliphatic carbocycles. The molecule has 0 aliphatic heterocycles. The Morgan fingerprint density at radius 3 is 3.05 bits per heavy atom. The zero-order valence-corrected chi connectivity index (χ0v) is 13.7. The van der Waals surface area contributed by atoms with Crippen molar-refractivity contribution in [2.75, 3.05) is 20.1 Å².